The third kappa shape index (κ3) is 3.10. The third-order valence-corrected chi connectivity index (χ3v) is 3.71. The molecule has 3 nitrogen and oxygen atoms in total. The lowest BCUT2D eigenvalue weighted by Crippen LogP contribution is -2.15. The topological polar surface area (TPSA) is 42.0 Å². The Morgan fingerprint density at radius 2 is 1.86 bits per heavy atom. The van der Waals surface area contributed by atoms with Crippen molar-refractivity contribution in [1.29, 1.82) is 0 Å². The second kappa shape index (κ2) is 5.44. The number of halogens is 3. The van der Waals surface area contributed by atoms with Crippen LogP contribution in [0.3, 0.4) is 0 Å². The van der Waals surface area contributed by atoms with Crippen molar-refractivity contribution in [2.24, 2.45) is 5.92 Å². The van der Waals surface area contributed by atoms with Gasteiger partial charge in [-0.2, -0.15) is 13.2 Å². The van der Waals surface area contributed by atoms with Gasteiger partial charge >= 0.3 is 6.18 Å². The van der Waals surface area contributed by atoms with Gasteiger partial charge in [-0.25, -0.2) is 4.98 Å². The van der Waals surface area contributed by atoms with Crippen molar-refractivity contribution in [3.8, 4) is 0 Å². The summed E-state index contributed by atoms with van der Waals surface area (Å²) in [5.74, 6) is 0.0962. The van der Waals surface area contributed by atoms with Gasteiger partial charge in [-0.1, -0.05) is 18.2 Å². The zero-order valence-electron chi connectivity index (χ0n) is 11.5. The molecule has 6 heteroatoms. The molecule has 0 bridgehead atoms. The summed E-state index contributed by atoms with van der Waals surface area (Å²) in [5, 5.41) is 2.71. The highest BCUT2D eigenvalue weighted by molar-refractivity contribution is 5.94. The summed E-state index contributed by atoms with van der Waals surface area (Å²) in [6.07, 6.45) is -2.11. The predicted octanol–water partition coefficient (Wildman–Crippen LogP) is 3.84. The van der Waals surface area contributed by atoms with E-state index in [0.717, 1.165) is 17.7 Å². The number of hydrogen-bond donors (Lipinski definition) is 1. The van der Waals surface area contributed by atoms with E-state index in [2.05, 4.69) is 10.3 Å². The Bertz CT molecular complexity index is 668. The molecule has 1 aromatic carbocycles. The van der Waals surface area contributed by atoms with Gasteiger partial charge in [0.1, 0.15) is 5.82 Å². The van der Waals surface area contributed by atoms with E-state index in [4.69, 9.17) is 0 Å². The van der Waals surface area contributed by atoms with Crippen molar-refractivity contribution in [2.75, 3.05) is 5.32 Å². The number of nitrogens with one attached hydrogen (secondary N) is 1. The van der Waals surface area contributed by atoms with Crippen molar-refractivity contribution in [2.45, 2.75) is 18.5 Å². The molecule has 22 heavy (non-hydrogen) atoms. The minimum atomic E-state index is -4.34. The van der Waals surface area contributed by atoms with Gasteiger partial charge in [-0.3, -0.25) is 4.79 Å². The Labute approximate surface area is 125 Å². The smallest absolute Gasteiger partial charge is 0.310 e. The van der Waals surface area contributed by atoms with Crippen molar-refractivity contribution in [3.05, 3.63) is 59.8 Å². The zero-order valence-corrected chi connectivity index (χ0v) is 11.5. The Morgan fingerprint density at radius 3 is 2.45 bits per heavy atom. The fourth-order valence-corrected chi connectivity index (χ4v) is 2.43. The van der Waals surface area contributed by atoms with Crippen LogP contribution in [0.1, 0.15) is 23.5 Å². The number of rotatable bonds is 3. The number of anilines is 1. The number of benzene rings is 1. The van der Waals surface area contributed by atoms with Crippen molar-refractivity contribution in [3.63, 3.8) is 0 Å². The number of carbonyl (C=O) groups excluding carboxylic acids is 1. The average Bonchev–Trinajstić information content (AvgIpc) is 3.28. The molecule has 2 aromatic rings. The highest BCUT2D eigenvalue weighted by Crippen LogP contribution is 2.48. The van der Waals surface area contributed by atoms with Crippen molar-refractivity contribution >= 4 is 11.7 Å². The average molecular weight is 306 g/mol. The largest absolute Gasteiger partial charge is 0.416 e. The fourth-order valence-electron chi connectivity index (χ4n) is 2.43. The van der Waals surface area contributed by atoms with Crippen LogP contribution in [0, 0.1) is 5.92 Å². The van der Waals surface area contributed by atoms with Gasteiger partial charge in [-0.15, -0.1) is 0 Å². The Balaban J connectivity index is 1.63. The lowest BCUT2D eigenvalue weighted by Gasteiger charge is -2.07. The molecule has 1 saturated carbocycles. The Morgan fingerprint density at radius 1 is 1.14 bits per heavy atom. The van der Waals surface area contributed by atoms with Crippen molar-refractivity contribution < 1.29 is 18.0 Å². The van der Waals surface area contributed by atoms with E-state index in [1.54, 1.807) is 24.4 Å². The minimum Gasteiger partial charge on any atom is -0.310 e. The van der Waals surface area contributed by atoms with Crippen molar-refractivity contribution in [1.82, 2.24) is 4.98 Å². The van der Waals surface area contributed by atoms with E-state index in [9.17, 15) is 18.0 Å². The Kier molecular flexibility index (Phi) is 3.60. The maximum atomic E-state index is 12.5. The van der Waals surface area contributed by atoms with Crippen LogP contribution in [0.15, 0.2) is 48.7 Å². The van der Waals surface area contributed by atoms with Gasteiger partial charge in [0.05, 0.1) is 5.56 Å². The first kappa shape index (κ1) is 14.6. The molecular weight excluding hydrogens is 293 g/mol. The number of aromatic nitrogens is 1. The molecule has 1 aliphatic carbocycles. The van der Waals surface area contributed by atoms with Gasteiger partial charge in [0.15, 0.2) is 0 Å². The molecule has 2 unspecified atom stereocenters. The second-order valence-corrected chi connectivity index (χ2v) is 5.27. The molecule has 1 aromatic heterocycles. The normalized spacial score (nSPS) is 20.5. The minimum absolute atomic E-state index is 0.0222. The highest BCUT2D eigenvalue weighted by Gasteiger charge is 2.44. The molecule has 1 heterocycles. The SMILES string of the molecule is O=C(Nc1ccccn1)C1CC1c1ccc(C(F)(F)F)cc1. The number of nitrogens with zero attached hydrogens (tertiary/aromatic N) is 1. The van der Waals surface area contributed by atoms with E-state index in [1.807, 2.05) is 0 Å². The molecular formula is C16H13F3N2O. The number of amides is 1. The van der Waals surface area contributed by atoms with E-state index in [1.165, 1.54) is 12.1 Å². The zero-order chi connectivity index (χ0) is 15.7. The maximum absolute atomic E-state index is 12.5. The van der Waals surface area contributed by atoms with Crippen LogP contribution in [0.5, 0.6) is 0 Å². The van der Waals surface area contributed by atoms with E-state index in [-0.39, 0.29) is 17.7 Å². The van der Waals surface area contributed by atoms with Crippen LogP contribution in [0.4, 0.5) is 19.0 Å². The third-order valence-electron chi connectivity index (χ3n) is 3.71. The van der Waals surface area contributed by atoms with Gasteiger partial charge in [-0.05, 0) is 42.2 Å². The molecule has 114 valence electrons. The molecule has 1 N–H and O–H groups in total. The van der Waals surface area contributed by atoms with Crippen LogP contribution >= 0.6 is 0 Å². The van der Waals surface area contributed by atoms with Gasteiger partial charge in [0.25, 0.3) is 0 Å². The first-order chi connectivity index (χ1) is 10.4. The molecule has 1 amide bonds. The lowest BCUT2D eigenvalue weighted by atomic mass is 10.1. The van der Waals surface area contributed by atoms with Gasteiger partial charge in [0, 0.05) is 12.1 Å². The second-order valence-electron chi connectivity index (χ2n) is 5.27. The van der Waals surface area contributed by atoms with Crippen LogP contribution in [-0.2, 0) is 11.0 Å². The summed E-state index contributed by atoms with van der Waals surface area (Å²) < 4.78 is 37.5. The predicted molar refractivity (Wildman–Crippen MR) is 75.2 cm³/mol. The molecule has 3 rings (SSSR count). The molecule has 1 aliphatic rings. The van der Waals surface area contributed by atoms with Crippen LogP contribution in [0.25, 0.3) is 0 Å². The molecule has 0 aliphatic heterocycles. The summed E-state index contributed by atoms with van der Waals surface area (Å²) in [6.45, 7) is 0. The number of hydrogen-bond acceptors (Lipinski definition) is 2. The molecule has 1 fully saturated rings. The van der Waals surface area contributed by atoms with Gasteiger partial charge in [0.2, 0.25) is 5.91 Å². The van der Waals surface area contributed by atoms with Crippen LogP contribution in [0.2, 0.25) is 0 Å². The maximum Gasteiger partial charge on any atom is 0.416 e. The summed E-state index contributed by atoms with van der Waals surface area (Å²) in [4.78, 5) is 16.1. The lowest BCUT2D eigenvalue weighted by molar-refractivity contribution is -0.137. The van der Waals surface area contributed by atoms with Crippen LogP contribution < -0.4 is 5.32 Å². The summed E-state index contributed by atoms with van der Waals surface area (Å²) >= 11 is 0. The van der Waals surface area contributed by atoms with E-state index < -0.39 is 11.7 Å². The molecule has 0 radical (unpaired) electrons. The van der Waals surface area contributed by atoms with E-state index in [0.29, 0.717) is 12.2 Å². The number of pyridine rings is 1. The molecule has 0 saturated heterocycles. The Hall–Kier alpha value is -2.37. The number of alkyl halides is 3. The standard InChI is InChI=1S/C16H13F3N2O/c17-16(18,19)11-6-4-10(5-7-11)12-9-13(12)15(22)21-14-3-1-2-8-20-14/h1-8,12-13H,9H2,(H,20,21,22). The van der Waals surface area contributed by atoms with E-state index >= 15 is 0 Å². The molecule has 0 spiro atoms. The quantitative estimate of drug-likeness (QED) is 0.936. The summed E-state index contributed by atoms with van der Waals surface area (Å²) in [6, 6.07) is 10.2. The summed E-state index contributed by atoms with van der Waals surface area (Å²) in [7, 11) is 0. The van der Waals surface area contributed by atoms with Crippen LogP contribution in [-0.4, -0.2) is 10.9 Å². The first-order valence-corrected chi connectivity index (χ1v) is 6.84. The highest BCUT2D eigenvalue weighted by atomic mass is 19.4. The fraction of sp³-hybridized carbons (Fsp3) is 0.250. The first-order valence-electron chi connectivity index (χ1n) is 6.84. The number of carbonyl (C=O) groups is 1. The summed E-state index contributed by atoms with van der Waals surface area (Å²) in [5.41, 5.74) is 0.0838. The molecule has 2 atom stereocenters. The monoisotopic (exact) mass is 306 g/mol. The van der Waals surface area contributed by atoms with Gasteiger partial charge < -0.3 is 5.32 Å².